The second kappa shape index (κ2) is 51.2. The van der Waals surface area contributed by atoms with E-state index in [0.717, 1.165) is 57.8 Å². The van der Waals surface area contributed by atoms with Crippen LogP contribution in [0.4, 0.5) is 0 Å². The van der Waals surface area contributed by atoms with Gasteiger partial charge in [-0.25, -0.2) is 0 Å². The van der Waals surface area contributed by atoms with Crippen molar-refractivity contribution in [2.45, 2.75) is 315 Å². The first-order valence-corrected chi connectivity index (χ1v) is 27.5. The number of aliphatic hydroxyl groups is 2. The summed E-state index contributed by atoms with van der Waals surface area (Å²) in [6, 6.07) is -0.638. The average Bonchev–Trinajstić information content (AvgIpc) is 3.26. The lowest BCUT2D eigenvalue weighted by atomic mass is 10.0. The van der Waals surface area contributed by atoms with Crippen molar-refractivity contribution in [2.24, 2.45) is 0 Å². The molecule has 1 amide bonds. The second-order valence-electron chi connectivity index (χ2n) is 18.9. The van der Waals surface area contributed by atoms with Gasteiger partial charge >= 0.3 is 5.97 Å². The average molecular weight is 862 g/mol. The molecule has 2 unspecified atom stereocenters. The minimum Gasteiger partial charge on any atom is -0.466 e. The van der Waals surface area contributed by atoms with Gasteiger partial charge < -0.3 is 20.3 Å². The quantitative estimate of drug-likeness (QED) is 0.0322. The molecule has 61 heavy (non-hydrogen) atoms. The maximum atomic E-state index is 12.5. The SMILES string of the molecule is CCCCCCCCCCCCCCCCCC/C=C/C(O)C(CO)NC(=O)CCCCCCCCCCCCCCOC(=O)CCCCCCCCCCCCCCCC. The first kappa shape index (κ1) is 59.6. The highest BCUT2D eigenvalue weighted by atomic mass is 16.5. The van der Waals surface area contributed by atoms with E-state index < -0.39 is 12.1 Å². The zero-order valence-electron chi connectivity index (χ0n) is 41.2. The predicted molar refractivity (Wildman–Crippen MR) is 264 cm³/mol. The van der Waals surface area contributed by atoms with Gasteiger partial charge in [0.25, 0.3) is 0 Å². The topological polar surface area (TPSA) is 95.9 Å². The molecule has 0 heterocycles. The smallest absolute Gasteiger partial charge is 0.305 e. The molecule has 2 atom stereocenters. The Labute approximate surface area is 380 Å². The molecular weight excluding hydrogens is 755 g/mol. The van der Waals surface area contributed by atoms with Gasteiger partial charge in [-0.1, -0.05) is 270 Å². The van der Waals surface area contributed by atoms with Crippen LogP contribution in [0.1, 0.15) is 303 Å². The van der Waals surface area contributed by atoms with Crippen LogP contribution in [0.15, 0.2) is 12.2 Å². The molecule has 3 N–H and O–H groups in total. The largest absolute Gasteiger partial charge is 0.466 e. The van der Waals surface area contributed by atoms with Crippen molar-refractivity contribution in [3.8, 4) is 0 Å². The van der Waals surface area contributed by atoms with E-state index in [1.54, 1.807) is 6.08 Å². The molecule has 0 aliphatic rings. The second-order valence-corrected chi connectivity index (χ2v) is 18.9. The molecule has 0 aliphatic carbocycles. The molecule has 0 radical (unpaired) electrons. The number of esters is 1. The Morgan fingerprint density at radius 2 is 0.754 bits per heavy atom. The van der Waals surface area contributed by atoms with E-state index in [1.807, 2.05) is 6.08 Å². The number of nitrogens with one attached hydrogen (secondary N) is 1. The molecule has 0 saturated carbocycles. The van der Waals surface area contributed by atoms with Crippen molar-refractivity contribution in [2.75, 3.05) is 13.2 Å². The maximum Gasteiger partial charge on any atom is 0.305 e. The zero-order chi connectivity index (χ0) is 44.4. The molecule has 0 aliphatic heterocycles. The molecule has 0 spiro atoms. The highest BCUT2D eigenvalue weighted by Gasteiger charge is 2.18. The van der Waals surface area contributed by atoms with E-state index in [2.05, 4.69) is 19.2 Å². The Morgan fingerprint density at radius 3 is 1.11 bits per heavy atom. The van der Waals surface area contributed by atoms with E-state index in [1.165, 1.54) is 218 Å². The molecule has 0 aromatic rings. The number of hydrogen-bond acceptors (Lipinski definition) is 5. The third-order valence-electron chi connectivity index (χ3n) is 12.8. The zero-order valence-corrected chi connectivity index (χ0v) is 41.2. The number of ether oxygens (including phenoxy) is 1. The molecule has 6 heteroatoms. The molecule has 6 nitrogen and oxygen atoms in total. The summed E-state index contributed by atoms with van der Waals surface area (Å²) in [6.45, 7) is 4.89. The van der Waals surface area contributed by atoms with Gasteiger partial charge in [0.2, 0.25) is 5.91 Å². The Bertz CT molecular complexity index is 909. The van der Waals surface area contributed by atoms with E-state index in [9.17, 15) is 19.8 Å². The lowest BCUT2D eigenvalue weighted by molar-refractivity contribution is -0.143. The van der Waals surface area contributed by atoms with Crippen molar-refractivity contribution in [1.29, 1.82) is 0 Å². The van der Waals surface area contributed by atoms with E-state index in [4.69, 9.17) is 4.74 Å². The standard InChI is InChI=1S/C55H107NO5/c1-3-5-7-9-11-13-15-17-19-20-21-22-23-27-31-35-39-43-47-53(58)52(51-57)56-54(59)48-44-40-36-32-28-25-26-30-34-38-42-46-50-61-55(60)49-45-41-37-33-29-24-18-16-14-12-10-8-6-4-2/h43,47,52-53,57-58H,3-42,44-46,48-51H2,1-2H3,(H,56,59)/b47-43+. The number of carbonyl (C=O) groups excluding carboxylic acids is 2. The van der Waals surface area contributed by atoms with Gasteiger partial charge in [0.15, 0.2) is 0 Å². The van der Waals surface area contributed by atoms with Gasteiger partial charge in [-0.3, -0.25) is 9.59 Å². The Balaban J connectivity index is 3.48. The molecule has 0 bridgehead atoms. The van der Waals surface area contributed by atoms with Crippen LogP contribution in [0.25, 0.3) is 0 Å². The van der Waals surface area contributed by atoms with Crippen LogP contribution in [-0.4, -0.2) is 47.4 Å². The van der Waals surface area contributed by atoms with E-state index in [-0.39, 0.29) is 18.5 Å². The maximum absolute atomic E-state index is 12.5. The van der Waals surface area contributed by atoms with Gasteiger partial charge in [0, 0.05) is 12.8 Å². The van der Waals surface area contributed by atoms with Gasteiger partial charge in [0.05, 0.1) is 25.4 Å². The first-order chi connectivity index (χ1) is 30.0. The first-order valence-electron chi connectivity index (χ1n) is 27.5. The fraction of sp³-hybridized carbons (Fsp3) is 0.927. The number of rotatable bonds is 51. The summed E-state index contributed by atoms with van der Waals surface area (Å²) >= 11 is 0. The summed E-state index contributed by atoms with van der Waals surface area (Å²) in [6.07, 6.45) is 59.3. The van der Waals surface area contributed by atoms with Gasteiger partial charge in [-0.05, 0) is 32.1 Å². The van der Waals surface area contributed by atoms with Gasteiger partial charge in [-0.2, -0.15) is 0 Å². The number of carbonyl (C=O) groups is 2. The molecule has 0 saturated heterocycles. The van der Waals surface area contributed by atoms with Gasteiger partial charge in [0.1, 0.15) is 0 Å². The normalized spacial score (nSPS) is 12.7. The minimum absolute atomic E-state index is 0.00802. The number of amides is 1. The van der Waals surface area contributed by atoms with Crippen molar-refractivity contribution >= 4 is 11.9 Å². The molecule has 362 valence electrons. The van der Waals surface area contributed by atoms with Crippen LogP contribution in [0.2, 0.25) is 0 Å². The monoisotopic (exact) mass is 862 g/mol. The van der Waals surface area contributed by atoms with Crippen LogP contribution >= 0.6 is 0 Å². The van der Waals surface area contributed by atoms with E-state index in [0.29, 0.717) is 19.4 Å². The summed E-state index contributed by atoms with van der Waals surface area (Å²) < 4.78 is 5.46. The van der Waals surface area contributed by atoms with Crippen molar-refractivity contribution in [3.05, 3.63) is 12.2 Å². The Kier molecular flexibility index (Phi) is 50.1. The molecule has 0 fully saturated rings. The predicted octanol–water partition coefficient (Wildman–Crippen LogP) is 16.5. The molecular formula is C55H107NO5. The lowest BCUT2D eigenvalue weighted by Gasteiger charge is -2.20. The molecule has 0 rings (SSSR count). The summed E-state index contributed by atoms with van der Waals surface area (Å²) in [5, 5.41) is 23.1. The molecule has 0 aromatic carbocycles. The fourth-order valence-corrected chi connectivity index (χ4v) is 8.58. The highest BCUT2D eigenvalue weighted by molar-refractivity contribution is 5.76. The van der Waals surface area contributed by atoms with E-state index >= 15 is 0 Å². The van der Waals surface area contributed by atoms with Crippen LogP contribution in [-0.2, 0) is 14.3 Å². The third-order valence-corrected chi connectivity index (χ3v) is 12.8. The summed E-state index contributed by atoms with van der Waals surface area (Å²) in [4.78, 5) is 24.5. The summed E-state index contributed by atoms with van der Waals surface area (Å²) in [7, 11) is 0. The van der Waals surface area contributed by atoms with Crippen LogP contribution in [0, 0.1) is 0 Å². The molecule has 0 aromatic heterocycles. The third kappa shape index (κ3) is 47.9. The summed E-state index contributed by atoms with van der Waals surface area (Å²) in [5.41, 5.74) is 0. The van der Waals surface area contributed by atoms with Crippen molar-refractivity contribution in [1.82, 2.24) is 5.32 Å². The minimum atomic E-state index is -0.854. The fourth-order valence-electron chi connectivity index (χ4n) is 8.58. The van der Waals surface area contributed by atoms with Crippen molar-refractivity contribution < 1.29 is 24.5 Å². The number of aliphatic hydroxyl groups excluding tert-OH is 2. The number of unbranched alkanes of at least 4 members (excludes halogenated alkanes) is 40. The van der Waals surface area contributed by atoms with Crippen LogP contribution in [0.3, 0.4) is 0 Å². The van der Waals surface area contributed by atoms with Crippen molar-refractivity contribution in [3.63, 3.8) is 0 Å². The highest BCUT2D eigenvalue weighted by Crippen LogP contribution is 2.17. The van der Waals surface area contributed by atoms with Crippen LogP contribution in [0.5, 0.6) is 0 Å². The van der Waals surface area contributed by atoms with Gasteiger partial charge in [-0.15, -0.1) is 0 Å². The lowest BCUT2D eigenvalue weighted by Crippen LogP contribution is -2.45. The number of hydrogen-bond donors (Lipinski definition) is 3. The Hall–Kier alpha value is -1.40. The Morgan fingerprint density at radius 1 is 0.443 bits per heavy atom. The summed E-state index contributed by atoms with van der Waals surface area (Å²) in [5.74, 6) is -0.0889. The number of allylic oxidation sites excluding steroid dienone is 1. The van der Waals surface area contributed by atoms with Crippen LogP contribution < -0.4 is 5.32 Å².